The molecule has 1 unspecified atom stereocenters. The quantitative estimate of drug-likeness (QED) is 0.749. The Morgan fingerprint density at radius 2 is 1.85 bits per heavy atom. The lowest BCUT2D eigenvalue weighted by Gasteiger charge is -2.14. The molecule has 0 bridgehead atoms. The van der Waals surface area contributed by atoms with E-state index in [1.54, 1.807) is 6.07 Å². The summed E-state index contributed by atoms with van der Waals surface area (Å²) < 4.78 is 15.4. The minimum atomic E-state index is -0.283. The fraction of sp³-hybridized carbons (Fsp3) is 0.125. The lowest BCUT2D eigenvalue weighted by molar-refractivity contribution is 0.626. The number of anilines is 1. The molecule has 0 saturated heterocycles. The topological polar surface area (TPSA) is 57.0 Å². The molecular weight excluding hydrogens is 253 g/mol. The Morgan fingerprint density at radius 1 is 1.10 bits per heavy atom. The summed E-state index contributed by atoms with van der Waals surface area (Å²) in [6.07, 6.45) is 0. The molecule has 0 aliphatic heterocycles. The van der Waals surface area contributed by atoms with Crippen LogP contribution in [0.25, 0.3) is 16.6 Å². The molecule has 3 rings (SSSR count). The molecule has 0 radical (unpaired) electrons. The number of nitrogens with zero attached hydrogens (tertiary/aromatic N) is 1. The van der Waals surface area contributed by atoms with Crippen LogP contribution in [-0.2, 0) is 0 Å². The first kappa shape index (κ1) is 12.7. The SMILES string of the molecule is CC(N)c1c(N)c2ccccc2n1-c1cccc(F)c1. The molecule has 4 heteroatoms. The Morgan fingerprint density at radius 3 is 2.55 bits per heavy atom. The van der Waals surface area contributed by atoms with E-state index < -0.39 is 0 Å². The van der Waals surface area contributed by atoms with Gasteiger partial charge in [0.25, 0.3) is 0 Å². The van der Waals surface area contributed by atoms with Gasteiger partial charge in [0.15, 0.2) is 0 Å². The van der Waals surface area contributed by atoms with Crippen LogP contribution in [0.2, 0.25) is 0 Å². The lowest BCUT2D eigenvalue weighted by atomic mass is 10.2. The number of rotatable bonds is 2. The van der Waals surface area contributed by atoms with Crippen molar-refractivity contribution in [3.05, 3.63) is 60.0 Å². The standard InChI is InChI=1S/C16H16FN3/c1-10(18)16-15(19)13-7-2-3-8-14(13)20(16)12-6-4-5-11(17)9-12/h2-10H,18-19H2,1H3. The van der Waals surface area contributed by atoms with E-state index in [9.17, 15) is 4.39 Å². The van der Waals surface area contributed by atoms with E-state index in [0.29, 0.717) is 5.69 Å². The van der Waals surface area contributed by atoms with Gasteiger partial charge in [0, 0.05) is 17.1 Å². The monoisotopic (exact) mass is 269 g/mol. The van der Waals surface area contributed by atoms with Crippen molar-refractivity contribution >= 4 is 16.6 Å². The van der Waals surface area contributed by atoms with Gasteiger partial charge in [-0.05, 0) is 31.2 Å². The molecule has 0 aliphatic carbocycles. The molecule has 3 nitrogen and oxygen atoms in total. The fourth-order valence-corrected chi connectivity index (χ4v) is 2.63. The zero-order valence-electron chi connectivity index (χ0n) is 11.2. The van der Waals surface area contributed by atoms with Crippen LogP contribution in [0.4, 0.5) is 10.1 Å². The molecule has 0 saturated carbocycles. The highest BCUT2D eigenvalue weighted by Crippen LogP contribution is 2.34. The van der Waals surface area contributed by atoms with Crippen LogP contribution in [0.3, 0.4) is 0 Å². The molecule has 102 valence electrons. The van der Waals surface area contributed by atoms with Gasteiger partial charge in [-0.1, -0.05) is 24.3 Å². The third-order valence-corrected chi connectivity index (χ3v) is 3.45. The summed E-state index contributed by atoms with van der Waals surface area (Å²) >= 11 is 0. The second-order valence-electron chi connectivity index (χ2n) is 4.92. The van der Waals surface area contributed by atoms with Crippen LogP contribution in [0.15, 0.2) is 48.5 Å². The highest BCUT2D eigenvalue weighted by molar-refractivity contribution is 5.95. The van der Waals surface area contributed by atoms with Crippen molar-refractivity contribution in [2.45, 2.75) is 13.0 Å². The van der Waals surface area contributed by atoms with Gasteiger partial charge in [-0.15, -0.1) is 0 Å². The lowest BCUT2D eigenvalue weighted by Crippen LogP contribution is -2.13. The molecule has 0 spiro atoms. The van der Waals surface area contributed by atoms with Gasteiger partial charge < -0.3 is 16.0 Å². The number of aromatic nitrogens is 1. The fourth-order valence-electron chi connectivity index (χ4n) is 2.63. The molecular formula is C16H16FN3. The van der Waals surface area contributed by atoms with Crippen LogP contribution < -0.4 is 11.5 Å². The Balaban J connectivity index is 2.41. The number of nitrogens with two attached hydrogens (primary N) is 2. The third-order valence-electron chi connectivity index (χ3n) is 3.45. The largest absolute Gasteiger partial charge is 0.397 e. The van der Waals surface area contributed by atoms with E-state index >= 15 is 0 Å². The van der Waals surface area contributed by atoms with Gasteiger partial charge in [0.05, 0.1) is 16.9 Å². The predicted octanol–water partition coefficient (Wildman–Crippen LogP) is 3.37. The van der Waals surface area contributed by atoms with Crippen molar-refractivity contribution in [2.75, 3.05) is 5.73 Å². The van der Waals surface area contributed by atoms with E-state index in [-0.39, 0.29) is 11.9 Å². The maximum absolute atomic E-state index is 13.5. The smallest absolute Gasteiger partial charge is 0.125 e. The Bertz CT molecular complexity index is 774. The summed E-state index contributed by atoms with van der Waals surface area (Å²) in [6, 6.07) is 14.0. The number of halogens is 1. The second-order valence-corrected chi connectivity index (χ2v) is 4.92. The van der Waals surface area contributed by atoms with E-state index in [0.717, 1.165) is 22.3 Å². The third kappa shape index (κ3) is 1.85. The number of hydrogen-bond acceptors (Lipinski definition) is 2. The van der Waals surface area contributed by atoms with E-state index in [2.05, 4.69) is 0 Å². The number of fused-ring (bicyclic) bond motifs is 1. The van der Waals surface area contributed by atoms with Gasteiger partial charge in [0.2, 0.25) is 0 Å². The van der Waals surface area contributed by atoms with Crippen LogP contribution in [-0.4, -0.2) is 4.57 Å². The summed E-state index contributed by atoms with van der Waals surface area (Å²) in [5, 5.41) is 0.934. The normalized spacial score (nSPS) is 12.8. The van der Waals surface area contributed by atoms with Crippen molar-refractivity contribution < 1.29 is 4.39 Å². The number of hydrogen-bond donors (Lipinski definition) is 2. The van der Waals surface area contributed by atoms with Crippen molar-refractivity contribution in [1.82, 2.24) is 4.57 Å². The summed E-state index contributed by atoms with van der Waals surface area (Å²) in [6.45, 7) is 1.88. The average molecular weight is 269 g/mol. The molecule has 0 amide bonds. The Labute approximate surface area is 116 Å². The zero-order chi connectivity index (χ0) is 14.3. The molecule has 3 aromatic rings. The first-order valence-electron chi connectivity index (χ1n) is 6.50. The van der Waals surface area contributed by atoms with Crippen molar-refractivity contribution in [1.29, 1.82) is 0 Å². The van der Waals surface area contributed by atoms with E-state index in [1.165, 1.54) is 12.1 Å². The Hall–Kier alpha value is -2.33. The minimum Gasteiger partial charge on any atom is -0.397 e. The van der Waals surface area contributed by atoms with Crippen molar-refractivity contribution in [3.63, 3.8) is 0 Å². The molecule has 20 heavy (non-hydrogen) atoms. The predicted molar refractivity (Wildman–Crippen MR) is 80.2 cm³/mol. The maximum Gasteiger partial charge on any atom is 0.125 e. The average Bonchev–Trinajstić information content (AvgIpc) is 2.73. The minimum absolute atomic E-state index is 0.245. The highest BCUT2D eigenvalue weighted by atomic mass is 19.1. The molecule has 2 aromatic carbocycles. The van der Waals surface area contributed by atoms with Gasteiger partial charge in [0.1, 0.15) is 5.82 Å². The summed E-state index contributed by atoms with van der Waals surface area (Å²) in [5.74, 6) is -0.283. The molecule has 1 atom stereocenters. The van der Waals surface area contributed by atoms with Gasteiger partial charge in [-0.2, -0.15) is 0 Å². The van der Waals surface area contributed by atoms with Crippen molar-refractivity contribution in [2.24, 2.45) is 5.73 Å². The number of nitrogen functional groups attached to an aromatic ring is 1. The van der Waals surface area contributed by atoms with Gasteiger partial charge in [-0.25, -0.2) is 4.39 Å². The molecule has 4 N–H and O–H groups in total. The van der Waals surface area contributed by atoms with E-state index in [4.69, 9.17) is 11.5 Å². The highest BCUT2D eigenvalue weighted by Gasteiger charge is 2.18. The summed E-state index contributed by atoms with van der Waals surface area (Å²) in [4.78, 5) is 0. The number of para-hydroxylation sites is 1. The van der Waals surface area contributed by atoms with Gasteiger partial charge >= 0.3 is 0 Å². The maximum atomic E-state index is 13.5. The molecule has 0 fully saturated rings. The number of benzene rings is 2. The van der Waals surface area contributed by atoms with Crippen molar-refractivity contribution in [3.8, 4) is 5.69 Å². The first-order chi connectivity index (χ1) is 9.59. The summed E-state index contributed by atoms with van der Waals surface area (Å²) in [7, 11) is 0. The first-order valence-corrected chi connectivity index (χ1v) is 6.50. The second kappa shape index (κ2) is 4.65. The van der Waals surface area contributed by atoms with E-state index in [1.807, 2.05) is 41.8 Å². The van der Waals surface area contributed by atoms with Gasteiger partial charge in [-0.3, -0.25) is 0 Å². The summed E-state index contributed by atoms with van der Waals surface area (Å²) in [5.41, 5.74) is 15.4. The van der Waals surface area contributed by atoms with Crippen LogP contribution in [0.1, 0.15) is 18.7 Å². The molecule has 1 heterocycles. The molecule has 0 aliphatic rings. The van der Waals surface area contributed by atoms with Crippen LogP contribution in [0, 0.1) is 5.82 Å². The van der Waals surface area contributed by atoms with Crippen LogP contribution >= 0.6 is 0 Å². The molecule has 1 aromatic heterocycles. The van der Waals surface area contributed by atoms with Crippen LogP contribution in [0.5, 0.6) is 0 Å². The zero-order valence-corrected chi connectivity index (χ0v) is 11.2. The Kier molecular flexibility index (Phi) is 2.95.